The van der Waals surface area contributed by atoms with Gasteiger partial charge >= 0.3 is 0 Å². The van der Waals surface area contributed by atoms with Crippen LogP contribution in [0.5, 0.6) is 0 Å². The largest absolute Gasteiger partial charge is 0.455 e. The van der Waals surface area contributed by atoms with Crippen molar-refractivity contribution in [2.75, 3.05) is 9.80 Å². The Morgan fingerprint density at radius 2 is 0.833 bits per heavy atom. The van der Waals surface area contributed by atoms with Crippen LogP contribution < -0.4 is 15.1 Å². The zero-order chi connectivity index (χ0) is 57.2. The van der Waals surface area contributed by atoms with Crippen LogP contribution in [-0.2, 0) is 16.2 Å². The molecule has 12 aromatic carbocycles. The van der Waals surface area contributed by atoms with Gasteiger partial charge in [-0.15, -0.1) is 9.24 Å². The van der Waals surface area contributed by atoms with E-state index in [2.05, 4.69) is 338 Å². The van der Waals surface area contributed by atoms with Crippen molar-refractivity contribution in [2.24, 2.45) is 0 Å². The first-order valence-corrected chi connectivity index (χ1v) is 30.8. The molecule has 406 valence electrons. The fourth-order valence-electron chi connectivity index (χ4n) is 13.8. The van der Waals surface area contributed by atoms with Crippen LogP contribution in [0.4, 0.5) is 34.1 Å². The molecule has 1 unspecified atom stereocenters. The average molecular weight is 1210 g/mol. The number of rotatable bonds is 8. The molecule has 0 saturated carbocycles. The maximum absolute atomic E-state index is 7.58. The summed E-state index contributed by atoms with van der Waals surface area (Å²) < 4.78 is 8.75. The van der Waals surface area contributed by atoms with Crippen LogP contribution in [0.1, 0.15) is 74.9 Å². The Morgan fingerprint density at radius 1 is 0.381 bits per heavy atom. The summed E-state index contributed by atoms with van der Waals surface area (Å²) in [7, 11) is 3.08. The lowest BCUT2D eigenvalue weighted by Gasteiger charge is -2.34. The van der Waals surface area contributed by atoms with Crippen LogP contribution in [-0.4, -0.2) is 0 Å². The summed E-state index contributed by atoms with van der Waals surface area (Å²) in [6.07, 6.45) is 0. The first-order chi connectivity index (χ1) is 40.8. The minimum Gasteiger partial charge on any atom is -0.455 e. The molecule has 2 aliphatic carbocycles. The van der Waals surface area contributed by atoms with E-state index in [0.717, 1.165) is 72.3 Å². The molecule has 0 saturated heterocycles. The van der Waals surface area contributed by atoms with Gasteiger partial charge < -0.3 is 14.2 Å². The number of benzene rings is 12. The molecule has 0 radical (unpaired) electrons. The zero-order valence-electron chi connectivity index (χ0n) is 48.0. The second-order valence-corrected chi connectivity index (χ2v) is 26.5. The molecule has 0 aliphatic heterocycles. The number of nitrogens with zero attached hydrogens (tertiary/aromatic N) is 2. The quantitative estimate of drug-likeness (QED) is 0.112. The zero-order valence-corrected chi connectivity index (χ0v) is 51.3. The third-order valence-electron chi connectivity index (χ3n) is 17.8. The van der Waals surface area contributed by atoms with Crippen LogP contribution >= 0.6 is 31.8 Å². The van der Waals surface area contributed by atoms with Gasteiger partial charge in [0, 0.05) is 42.7 Å². The van der Waals surface area contributed by atoms with E-state index < -0.39 is 5.41 Å². The molecule has 3 nitrogen and oxygen atoms in total. The van der Waals surface area contributed by atoms with Gasteiger partial charge in [-0.05, 0) is 183 Å². The van der Waals surface area contributed by atoms with Crippen molar-refractivity contribution in [1.29, 1.82) is 0 Å². The molecule has 0 amide bonds. The molecule has 0 fully saturated rings. The van der Waals surface area contributed by atoms with Gasteiger partial charge in [0.2, 0.25) is 0 Å². The minimum atomic E-state index is -0.781. The lowest BCUT2D eigenvalue weighted by molar-refractivity contribution is 0.590. The summed E-state index contributed by atoms with van der Waals surface area (Å²) >= 11 is 2.55. The van der Waals surface area contributed by atoms with Gasteiger partial charge in [-0.25, -0.2) is 0 Å². The van der Waals surface area contributed by atoms with E-state index in [1.165, 1.54) is 81.3 Å². The predicted molar refractivity (Wildman–Crippen MR) is 367 cm³/mol. The second kappa shape index (κ2) is 19.8. The second-order valence-electron chi connectivity index (χ2n) is 24.8. The summed E-state index contributed by atoms with van der Waals surface area (Å²) in [6.45, 7) is 13.7. The third kappa shape index (κ3) is 8.16. The fraction of sp³-hybridized carbons (Fsp3) is 0.114. The molecule has 15 rings (SSSR count). The molecule has 1 heterocycles. The number of hydrogen-bond donors (Lipinski definition) is 0. The van der Waals surface area contributed by atoms with Gasteiger partial charge in [-0.2, -0.15) is 0 Å². The van der Waals surface area contributed by atoms with E-state index in [-0.39, 0.29) is 10.8 Å². The molecule has 0 N–H and O–H groups in total. The van der Waals surface area contributed by atoms with Crippen molar-refractivity contribution in [1.82, 2.24) is 0 Å². The first-order valence-electron chi connectivity index (χ1n) is 29.1. The van der Waals surface area contributed by atoms with Crippen molar-refractivity contribution < 1.29 is 4.42 Å². The van der Waals surface area contributed by atoms with Gasteiger partial charge in [0.1, 0.15) is 11.2 Å². The van der Waals surface area contributed by atoms with E-state index in [9.17, 15) is 0 Å². The molecule has 13 aromatic rings. The van der Waals surface area contributed by atoms with Crippen molar-refractivity contribution >= 4 is 104 Å². The Bertz CT molecular complexity index is 4710. The molecular weight excluding hydrogens is 1150 g/mol. The summed E-state index contributed by atoms with van der Waals surface area (Å²) in [5.41, 5.74) is 24.5. The Balaban J connectivity index is 1.07. The third-order valence-corrected chi connectivity index (χ3v) is 19.2. The number of fused-ring (bicyclic) bond motifs is 16. The molecule has 1 atom stereocenters. The fourth-order valence-corrected chi connectivity index (χ4v) is 15.1. The lowest BCUT2D eigenvalue weighted by atomic mass is 9.70. The lowest BCUT2D eigenvalue weighted by Crippen LogP contribution is -2.27. The highest BCUT2D eigenvalue weighted by atomic mass is 127. The Hall–Kier alpha value is -8.54. The van der Waals surface area contributed by atoms with Crippen LogP contribution in [0.25, 0.3) is 77.2 Å². The van der Waals surface area contributed by atoms with Gasteiger partial charge in [0.05, 0.1) is 22.2 Å². The topological polar surface area (TPSA) is 19.6 Å². The smallest absolute Gasteiger partial charge is 0.145 e. The number of furan rings is 1. The predicted octanol–water partition coefficient (Wildman–Crippen LogP) is 22.1. The highest BCUT2D eigenvalue weighted by Gasteiger charge is 2.54. The van der Waals surface area contributed by atoms with Gasteiger partial charge in [0.15, 0.2) is 0 Å². The maximum atomic E-state index is 7.58. The standard InChI is InChI=1S/C79H62IN2OP/c1-77(2,3)51-33-37-53(38-34-51)81(56-42-44-58(72(84)46-56)50-23-11-8-12-24-50)69-47-66-73(62-28-14-13-27-61(62)69)75-67(79(66)64-30-18-15-25-59(64)60-26-16-19-31-65(60)79)48-70(74-63-29-17-20-32-71(63)83-76(74)75)82(54-39-35-52(36-40-54)78(4,5)6)55-41-43-57(68(80)45-55)49-21-9-7-10-22-49/h7-48H,84H2,1-6H3. The molecule has 5 heteroatoms. The van der Waals surface area contributed by atoms with Crippen LogP contribution in [0, 0.1) is 3.57 Å². The Labute approximate surface area is 508 Å². The van der Waals surface area contributed by atoms with Crippen molar-refractivity contribution in [3.63, 3.8) is 0 Å². The van der Waals surface area contributed by atoms with Gasteiger partial charge in [-0.1, -0.05) is 230 Å². The van der Waals surface area contributed by atoms with Crippen LogP contribution in [0.3, 0.4) is 0 Å². The highest BCUT2D eigenvalue weighted by molar-refractivity contribution is 14.1. The molecular formula is C79H62IN2OP. The monoisotopic (exact) mass is 1210 g/mol. The first kappa shape index (κ1) is 52.3. The summed E-state index contributed by atoms with van der Waals surface area (Å²) in [6, 6.07) is 95.2. The highest BCUT2D eigenvalue weighted by Crippen LogP contribution is 2.67. The summed E-state index contributed by atoms with van der Waals surface area (Å²) in [5.74, 6) is 0. The van der Waals surface area contributed by atoms with E-state index in [1.807, 2.05) is 0 Å². The average Bonchev–Trinajstić information content (AvgIpc) is 1.56. The number of para-hydroxylation sites is 1. The van der Waals surface area contributed by atoms with E-state index >= 15 is 0 Å². The molecule has 84 heavy (non-hydrogen) atoms. The molecule has 0 bridgehead atoms. The number of halogens is 1. The van der Waals surface area contributed by atoms with Gasteiger partial charge in [0.25, 0.3) is 0 Å². The number of hydrogen-bond acceptors (Lipinski definition) is 3. The normalized spacial score (nSPS) is 13.1. The molecule has 1 spiro atoms. The summed E-state index contributed by atoms with van der Waals surface area (Å²) in [4.78, 5) is 5.01. The SMILES string of the molecule is CC(C)(C)c1ccc(N(c2ccc(-c3ccccc3)c(P)c2)c2cc3c(c4ccccc24)-c2c(cc(N(c4ccc(C(C)(C)C)cc4)c4ccc(-c5ccccc5)c(I)c4)c4c2oc2ccccc24)C32c3ccccc3-c3ccccc32)cc1. The van der Waals surface area contributed by atoms with Gasteiger partial charge in [-0.3, -0.25) is 0 Å². The van der Waals surface area contributed by atoms with E-state index in [0.29, 0.717) is 0 Å². The van der Waals surface area contributed by atoms with Crippen LogP contribution in [0.15, 0.2) is 259 Å². The maximum Gasteiger partial charge on any atom is 0.145 e. The van der Waals surface area contributed by atoms with Crippen molar-refractivity contribution in [3.05, 3.63) is 292 Å². The van der Waals surface area contributed by atoms with E-state index in [1.54, 1.807) is 0 Å². The minimum absolute atomic E-state index is 0.0219. The summed E-state index contributed by atoms with van der Waals surface area (Å²) in [5, 5.41) is 5.60. The number of anilines is 6. The van der Waals surface area contributed by atoms with Crippen molar-refractivity contribution in [3.8, 4) is 44.5 Å². The van der Waals surface area contributed by atoms with E-state index in [4.69, 9.17) is 4.42 Å². The Kier molecular flexibility index (Phi) is 12.3. The van der Waals surface area contributed by atoms with Crippen molar-refractivity contribution in [2.45, 2.75) is 57.8 Å². The van der Waals surface area contributed by atoms with Crippen LogP contribution in [0.2, 0.25) is 0 Å². The Morgan fingerprint density at radius 3 is 1.40 bits per heavy atom. The molecule has 2 aliphatic rings. The molecule has 1 aromatic heterocycles.